The number of hydrogen-bond acceptors (Lipinski definition) is 3. The van der Waals surface area contributed by atoms with Crippen LogP contribution in [0.5, 0.6) is 0 Å². The first kappa shape index (κ1) is 9.98. The maximum atomic E-state index is 11.4. The number of hydrazine groups is 1. The van der Waals surface area contributed by atoms with Crippen molar-refractivity contribution >= 4 is 11.6 Å². The zero-order valence-electron chi connectivity index (χ0n) is 8.82. The van der Waals surface area contributed by atoms with Crippen molar-refractivity contribution in [1.82, 2.24) is 5.43 Å². The average Bonchev–Trinajstić information content (AvgIpc) is 2.42. The molecule has 15 heavy (non-hydrogen) atoms. The van der Waals surface area contributed by atoms with Gasteiger partial charge in [0.15, 0.2) is 5.60 Å². The van der Waals surface area contributed by atoms with Gasteiger partial charge in [-0.25, -0.2) is 0 Å². The molecule has 1 aliphatic rings. The molecule has 1 unspecified atom stereocenters. The summed E-state index contributed by atoms with van der Waals surface area (Å²) < 4.78 is 0. The Kier molecular flexibility index (Phi) is 2.16. The number of nitrogens with zero attached hydrogens (tertiary/aromatic N) is 1. The molecule has 0 aromatic heterocycles. The summed E-state index contributed by atoms with van der Waals surface area (Å²) in [5.74, 6) is -0.357. The summed E-state index contributed by atoms with van der Waals surface area (Å²) in [4.78, 5) is 11.4. The van der Waals surface area contributed by atoms with Crippen LogP contribution in [0.1, 0.15) is 12.5 Å². The van der Waals surface area contributed by atoms with Crippen LogP contribution >= 0.6 is 0 Å². The number of hydrogen-bond donors (Lipinski definition) is 2. The smallest absolute Gasteiger partial charge is 0.272 e. The fraction of sp³-hybridized carbons (Fsp3) is 0.364. The van der Waals surface area contributed by atoms with E-state index in [4.69, 9.17) is 0 Å². The van der Waals surface area contributed by atoms with Gasteiger partial charge in [-0.2, -0.15) is 0 Å². The lowest BCUT2D eigenvalue weighted by molar-refractivity contribution is -0.132. The second-order valence-electron chi connectivity index (χ2n) is 4.14. The van der Waals surface area contributed by atoms with Crippen molar-refractivity contribution in [2.75, 3.05) is 11.6 Å². The predicted molar refractivity (Wildman–Crippen MR) is 57.3 cm³/mol. The predicted octanol–water partition coefficient (Wildman–Crippen LogP) is 0.597. The number of amides is 1. The Bertz CT molecular complexity index is 401. The van der Waals surface area contributed by atoms with E-state index >= 15 is 0 Å². The second-order valence-corrected chi connectivity index (χ2v) is 4.14. The van der Waals surface area contributed by atoms with Gasteiger partial charge in [-0.15, -0.1) is 0 Å². The van der Waals surface area contributed by atoms with E-state index in [1.54, 1.807) is 5.01 Å². The first-order valence-corrected chi connectivity index (χ1v) is 4.87. The van der Waals surface area contributed by atoms with Gasteiger partial charge in [-0.1, -0.05) is 12.1 Å². The minimum absolute atomic E-state index is 0.273. The number of nitrogens with one attached hydrogen (secondary N) is 1. The molecular formula is C11H14N2O2. The standard InChI is InChI=1S/C11H14N2O2/c1-8-4-3-5-9(6-8)13-7-11(2,15)10(14)12-13/h3-6,15H,7H2,1-2H3,(H,12,14). The molecule has 1 fully saturated rings. The molecular weight excluding hydrogens is 192 g/mol. The summed E-state index contributed by atoms with van der Waals surface area (Å²) in [5.41, 5.74) is 3.34. The molecule has 2 N–H and O–H groups in total. The topological polar surface area (TPSA) is 52.6 Å². The van der Waals surface area contributed by atoms with Crippen LogP contribution in [0, 0.1) is 6.92 Å². The van der Waals surface area contributed by atoms with Crippen LogP contribution in [-0.4, -0.2) is 23.2 Å². The van der Waals surface area contributed by atoms with Crippen molar-refractivity contribution in [2.24, 2.45) is 0 Å². The van der Waals surface area contributed by atoms with E-state index in [9.17, 15) is 9.90 Å². The minimum atomic E-state index is -1.30. The van der Waals surface area contributed by atoms with Crippen molar-refractivity contribution in [3.63, 3.8) is 0 Å². The minimum Gasteiger partial charge on any atom is -0.378 e. The molecule has 2 rings (SSSR count). The summed E-state index contributed by atoms with van der Waals surface area (Å²) in [5, 5.41) is 11.4. The molecule has 1 saturated heterocycles. The highest BCUT2D eigenvalue weighted by atomic mass is 16.3. The second kappa shape index (κ2) is 3.24. The van der Waals surface area contributed by atoms with Gasteiger partial charge < -0.3 is 5.11 Å². The monoisotopic (exact) mass is 206 g/mol. The van der Waals surface area contributed by atoms with E-state index in [2.05, 4.69) is 5.43 Å². The van der Waals surface area contributed by atoms with Gasteiger partial charge in [0.25, 0.3) is 5.91 Å². The van der Waals surface area contributed by atoms with Gasteiger partial charge in [-0.05, 0) is 31.5 Å². The van der Waals surface area contributed by atoms with E-state index in [-0.39, 0.29) is 12.5 Å². The summed E-state index contributed by atoms with van der Waals surface area (Å²) >= 11 is 0. The maximum absolute atomic E-state index is 11.4. The molecule has 1 heterocycles. The number of aliphatic hydroxyl groups is 1. The first-order valence-electron chi connectivity index (χ1n) is 4.87. The highest BCUT2D eigenvalue weighted by Crippen LogP contribution is 2.21. The van der Waals surface area contributed by atoms with Crippen molar-refractivity contribution < 1.29 is 9.90 Å². The molecule has 1 aliphatic heterocycles. The zero-order valence-corrected chi connectivity index (χ0v) is 8.82. The van der Waals surface area contributed by atoms with E-state index in [1.165, 1.54) is 6.92 Å². The third kappa shape index (κ3) is 1.80. The summed E-state index contributed by atoms with van der Waals surface area (Å²) in [6, 6.07) is 7.76. The van der Waals surface area contributed by atoms with E-state index in [0.29, 0.717) is 0 Å². The van der Waals surface area contributed by atoms with Crippen LogP contribution in [0.25, 0.3) is 0 Å². The van der Waals surface area contributed by atoms with Gasteiger partial charge in [0.1, 0.15) is 0 Å². The molecule has 80 valence electrons. The molecule has 0 bridgehead atoms. The molecule has 1 amide bonds. The number of carbonyl (C=O) groups excluding carboxylic acids is 1. The Morgan fingerprint density at radius 3 is 2.80 bits per heavy atom. The van der Waals surface area contributed by atoms with Crippen molar-refractivity contribution in [3.8, 4) is 0 Å². The van der Waals surface area contributed by atoms with Crippen LogP contribution in [0.4, 0.5) is 5.69 Å². The SMILES string of the molecule is Cc1cccc(N2CC(C)(O)C(=O)N2)c1. The fourth-order valence-electron chi connectivity index (χ4n) is 1.61. The summed E-state index contributed by atoms with van der Waals surface area (Å²) in [6.45, 7) is 3.77. The lowest BCUT2D eigenvalue weighted by Crippen LogP contribution is -2.36. The van der Waals surface area contributed by atoms with Gasteiger partial charge in [0, 0.05) is 0 Å². The Labute approximate surface area is 88.5 Å². The third-order valence-corrected chi connectivity index (χ3v) is 2.50. The number of carbonyl (C=O) groups is 1. The molecule has 4 heteroatoms. The van der Waals surface area contributed by atoms with Gasteiger partial charge in [0.05, 0.1) is 12.2 Å². The van der Waals surface area contributed by atoms with Crippen LogP contribution in [0.2, 0.25) is 0 Å². The molecule has 1 aromatic carbocycles. The third-order valence-electron chi connectivity index (χ3n) is 2.50. The fourth-order valence-corrected chi connectivity index (χ4v) is 1.61. The van der Waals surface area contributed by atoms with Gasteiger partial charge >= 0.3 is 0 Å². The summed E-state index contributed by atoms with van der Waals surface area (Å²) in [7, 11) is 0. The van der Waals surface area contributed by atoms with Crippen LogP contribution in [0.3, 0.4) is 0 Å². The molecule has 0 radical (unpaired) electrons. The number of β-amino-alcohol motifs (C(OH)–C–C–N with tert-alkyl or cyclic N) is 1. The normalized spacial score (nSPS) is 25.5. The van der Waals surface area contributed by atoms with Gasteiger partial charge in [0.2, 0.25) is 0 Å². The Hall–Kier alpha value is -1.55. The highest BCUT2D eigenvalue weighted by Gasteiger charge is 2.40. The number of rotatable bonds is 1. The van der Waals surface area contributed by atoms with E-state index in [0.717, 1.165) is 11.3 Å². The molecule has 4 nitrogen and oxygen atoms in total. The number of aryl methyl sites for hydroxylation is 1. The quantitative estimate of drug-likeness (QED) is 0.707. The molecule has 0 saturated carbocycles. The van der Waals surface area contributed by atoms with Crippen LogP contribution in [0.15, 0.2) is 24.3 Å². The van der Waals surface area contributed by atoms with Crippen molar-refractivity contribution in [1.29, 1.82) is 0 Å². The van der Waals surface area contributed by atoms with Gasteiger partial charge in [-0.3, -0.25) is 15.2 Å². The molecule has 1 atom stereocenters. The average molecular weight is 206 g/mol. The lowest BCUT2D eigenvalue weighted by Gasteiger charge is -2.18. The maximum Gasteiger partial charge on any atom is 0.272 e. The highest BCUT2D eigenvalue weighted by molar-refractivity contribution is 5.89. The first-order chi connectivity index (χ1) is 6.99. The molecule has 0 aliphatic carbocycles. The Morgan fingerprint density at radius 1 is 1.53 bits per heavy atom. The summed E-state index contributed by atoms with van der Waals surface area (Å²) in [6.07, 6.45) is 0. The van der Waals surface area contributed by atoms with E-state index in [1.807, 2.05) is 31.2 Å². The molecule has 0 spiro atoms. The van der Waals surface area contributed by atoms with Crippen LogP contribution in [-0.2, 0) is 4.79 Å². The van der Waals surface area contributed by atoms with Crippen LogP contribution < -0.4 is 10.4 Å². The Balaban J connectivity index is 2.25. The molecule has 1 aromatic rings. The number of anilines is 1. The zero-order chi connectivity index (χ0) is 11.1. The Morgan fingerprint density at radius 2 is 2.27 bits per heavy atom. The van der Waals surface area contributed by atoms with Crippen molar-refractivity contribution in [3.05, 3.63) is 29.8 Å². The largest absolute Gasteiger partial charge is 0.378 e. The van der Waals surface area contributed by atoms with Crippen molar-refractivity contribution in [2.45, 2.75) is 19.4 Å². The lowest BCUT2D eigenvalue weighted by atomic mass is 10.1. The van der Waals surface area contributed by atoms with E-state index < -0.39 is 5.60 Å². The number of benzene rings is 1.